The van der Waals surface area contributed by atoms with Gasteiger partial charge in [-0.15, -0.1) is 0 Å². The van der Waals surface area contributed by atoms with Gasteiger partial charge in [-0.1, -0.05) is 0 Å². The first-order valence-corrected chi connectivity index (χ1v) is 2.28. The molecule has 0 aromatic rings. The van der Waals surface area contributed by atoms with E-state index >= 15 is 0 Å². The average molecular weight is 110 g/mol. The smallest absolute Gasteiger partial charge is 0.179 e. The maximum absolute atomic E-state index is 4.80. The molecule has 0 radical (unpaired) electrons. The highest BCUT2D eigenvalue weighted by Crippen LogP contribution is 1.79. The van der Waals surface area contributed by atoms with E-state index in [0.29, 0.717) is 6.73 Å². The summed E-state index contributed by atoms with van der Waals surface area (Å²) >= 11 is 0. The summed E-state index contributed by atoms with van der Waals surface area (Å²) in [6.45, 7) is 0.369. The zero-order valence-corrected chi connectivity index (χ0v) is 4.32. The van der Waals surface area contributed by atoms with Gasteiger partial charge in [-0.3, -0.25) is 0 Å². The fourth-order valence-corrected chi connectivity index (χ4v) is 0.345. The summed E-state index contributed by atoms with van der Waals surface area (Å²) in [4.78, 5) is 7.48. The molecule has 3 nitrogen and oxygen atoms in total. The van der Waals surface area contributed by atoms with Crippen molar-refractivity contribution in [1.82, 2.24) is 0 Å². The number of aliphatic imine (C=N–C) groups is 2. The number of allylic oxidation sites excluding steroid dienone is 1. The van der Waals surface area contributed by atoms with E-state index in [9.17, 15) is 0 Å². The lowest BCUT2D eigenvalue weighted by Gasteiger charge is -1.92. The van der Waals surface area contributed by atoms with E-state index < -0.39 is 0 Å². The molecule has 0 saturated heterocycles. The van der Waals surface area contributed by atoms with Crippen molar-refractivity contribution in [2.24, 2.45) is 9.98 Å². The van der Waals surface area contributed by atoms with Gasteiger partial charge in [0.25, 0.3) is 0 Å². The molecule has 0 fully saturated rings. The molecule has 0 N–H and O–H groups in total. The summed E-state index contributed by atoms with van der Waals surface area (Å²) in [5, 5.41) is 0. The summed E-state index contributed by atoms with van der Waals surface area (Å²) in [7, 11) is 0. The summed E-state index contributed by atoms with van der Waals surface area (Å²) in [6.07, 6.45) is 6.34. The first-order chi connectivity index (χ1) is 4.00. The lowest BCUT2D eigenvalue weighted by atomic mass is 10.7. The van der Waals surface area contributed by atoms with Crippen LogP contribution in [0.1, 0.15) is 0 Å². The van der Waals surface area contributed by atoms with Crippen LogP contribution in [0, 0.1) is 0 Å². The van der Waals surface area contributed by atoms with Crippen molar-refractivity contribution in [3.8, 4) is 0 Å². The molecule has 42 valence electrons. The highest BCUT2D eigenvalue weighted by atomic mass is 16.5. The Bertz CT molecular complexity index is 121. The van der Waals surface area contributed by atoms with Crippen LogP contribution in [0.4, 0.5) is 0 Å². The fourth-order valence-electron chi connectivity index (χ4n) is 0.345. The van der Waals surface area contributed by atoms with E-state index in [1.165, 1.54) is 6.34 Å². The van der Waals surface area contributed by atoms with E-state index in [1.54, 1.807) is 18.6 Å². The summed E-state index contributed by atoms with van der Waals surface area (Å²) in [5.41, 5.74) is 0. The number of ether oxygens (including phenoxy) is 1. The molecule has 0 spiro atoms. The van der Waals surface area contributed by atoms with Gasteiger partial charge in [0.1, 0.15) is 6.34 Å². The molecule has 1 heterocycles. The zero-order valence-electron chi connectivity index (χ0n) is 4.32. The zero-order chi connectivity index (χ0) is 5.66. The van der Waals surface area contributed by atoms with Crippen molar-refractivity contribution in [2.45, 2.75) is 0 Å². The molecule has 0 aromatic heterocycles. The van der Waals surface area contributed by atoms with Gasteiger partial charge in [0.2, 0.25) is 0 Å². The molecule has 1 rings (SSSR count). The predicted octanol–water partition coefficient (Wildman–Crippen LogP) is 0.587. The highest BCUT2D eigenvalue weighted by molar-refractivity contribution is 5.79. The normalized spacial score (nSPS) is 29.0. The first kappa shape index (κ1) is 5.03. The van der Waals surface area contributed by atoms with Crippen molar-refractivity contribution in [1.29, 1.82) is 0 Å². The molecule has 0 saturated carbocycles. The van der Waals surface area contributed by atoms with Crippen LogP contribution < -0.4 is 0 Å². The molecule has 3 heteroatoms. The third-order valence-corrected chi connectivity index (χ3v) is 0.644. The van der Waals surface area contributed by atoms with Crippen LogP contribution in [0.15, 0.2) is 22.3 Å². The maximum Gasteiger partial charge on any atom is 0.179 e. The molecule has 0 amide bonds. The van der Waals surface area contributed by atoms with Crippen LogP contribution >= 0.6 is 0 Å². The maximum atomic E-state index is 4.80. The lowest BCUT2D eigenvalue weighted by molar-refractivity contribution is 0.262. The van der Waals surface area contributed by atoms with Crippen molar-refractivity contribution >= 4 is 12.6 Å². The Kier molecular flexibility index (Phi) is 1.86. The quantitative estimate of drug-likeness (QED) is 0.449. The fraction of sp³-hybridized carbons (Fsp3) is 0.200. The SMILES string of the molecule is C1=C/OC\N=C/N=C\1. The minimum Gasteiger partial charge on any atom is -0.479 e. The number of rotatable bonds is 0. The van der Waals surface area contributed by atoms with Gasteiger partial charge in [0.05, 0.1) is 6.26 Å². The standard InChI is InChI=1S/C5H6N2O/c1-2-6-4-7-5-8-3-1/h1-4H,5H2/b3-1-,6-2-,7-4-. The Morgan fingerprint density at radius 3 is 3.50 bits per heavy atom. The molecule has 1 aliphatic rings. The van der Waals surface area contributed by atoms with Crippen LogP contribution in [-0.4, -0.2) is 19.3 Å². The van der Waals surface area contributed by atoms with Crippen molar-refractivity contribution in [3.05, 3.63) is 12.3 Å². The third-order valence-electron chi connectivity index (χ3n) is 0.644. The molecule has 8 heavy (non-hydrogen) atoms. The van der Waals surface area contributed by atoms with Gasteiger partial charge in [0.15, 0.2) is 6.73 Å². The summed E-state index contributed by atoms with van der Waals surface area (Å²) in [5.74, 6) is 0. The highest BCUT2D eigenvalue weighted by Gasteiger charge is 1.74. The topological polar surface area (TPSA) is 34.0 Å². The van der Waals surface area contributed by atoms with E-state index in [2.05, 4.69) is 9.98 Å². The van der Waals surface area contributed by atoms with Gasteiger partial charge in [-0.25, -0.2) is 9.98 Å². The van der Waals surface area contributed by atoms with Crippen LogP contribution in [0.5, 0.6) is 0 Å². The molecule has 0 bridgehead atoms. The molecule has 0 unspecified atom stereocenters. The summed E-state index contributed by atoms with van der Waals surface area (Å²) < 4.78 is 4.80. The van der Waals surface area contributed by atoms with Crippen molar-refractivity contribution < 1.29 is 4.74 Å². The van der Waals surface area contributed by atoms with Gasteiger partial charge in [-0.05, 0) is 6.08 Å². The van der Waals surface area contributed by atoms with Crippen LogP contribution in [0.2, 0.25) is 0 Å². The van der Waals surface area contributed by atoms with E-state index in [0.717, 1.165) is 0 Å². The second-order valence-corrected chi connectivity index (χ2v) is 1.22. The molecule has 0 aromatic carbocycles. The molecule has 0 aliphatic carbocycles. The molecular weight excluding hydrogens is 104 g/mol. The Morgan fingerprint density at radius 2 is 2.50 bits per heavy atom. The first-order valence-electron chi connectivity index (χ1n) is 2.28. The number of hydrogen-bond acceptors (Lipinski definition) is 3. The molecular formula is C5H6N2O. The van der Waals surface area contributed by atoms with Crippen LogP contribution in [0.3, 0.4) is 0 Å². The average Bonchev–Trinajstić information content (AvgIpc) is 1.62. The van der Waals surface area contributed by atoms with Gasteiger partial charge in [-0.2, -0.15) is 0 Å². The molecule has 0 atom stereocenters. The van der Waals surface area contributed by atoms with Gasteiger partial charge < -0.3 is 4.74 Å². The van der Waals surface area contributed by atoms with E-state index in [-0.39, 0.29) is 0 Å². The Balaban J connectivity index is 2.51. The number of hydrogen-bond donors (Lipinski definition) is 0. The Morgan fingerprint density at radius 1 is 1.50 bits per heavy atom. The lowest BCUT2D eigenvalue weighted by Crippen LogP contribution is -1.84. The van der Waals surface area contributed by atoms with E-state index in [1.807, 2.05) is 0 Å². The third kappa shape index (κ3) is 1.55. The van der Waals surface area contributed by atoms with Crippen LogP contribution in [0.25, 0.3) is 0 Å². The summed E-state index contributed by atoms with van der Waals surface area (Å²) in [6, 6.07) is 0. The van der Waals surface area contributed by atoms with Crippen LogP contribution in [-0.2, 0) is 4.74 Å². The Labute approximate surface area is 47.4 Å². The minimum absolute atomic E-state index is 0.369. The largest absolute Gasteiger partial charge is 0.479 e. The second-order valence-electron chi connectivity index (χ2n) is 1.22. The predicted molar refractivity (Wildman–Crippen MR) is 32.1 cm³/mol. The Hall–Kier alpha value is -1.12. The second kappa shape index (κ2) is 2.96. The van der Waals surface area contributed by atoms with Crippen molar-refractivity contribution in [2.75, 3.05) is 6.73 Å². The minimum atomic E-state index is 0.369. The van der Waals surface area contributed by atoms with E-state index in [4.69, 9.17) is 4.74 Å². The monoisotopic (exact) mass is 110 g/mol. The van der Waals surface area contributed by atoms with Gasteiger partial charge in [0, 0.05) is 6.21 Å². The molecule has 1 aliphatic heterocycles. The number of nitrogens with zero attached hydrogens (tertiary/aromatic N) is 2. The van der Waals surface area contributed by atoms with Gasteiger partial charge >= 0.3 is 0 Å². The van der Waals surface area contributed by atoms with Crippen molar-refractivity contribution in [3.63, 3.8) is 0 Å².